The summed E-state index contributed by atoms with van der Waals surface area (Å²) in [5.74, 6) is 0.466. The van der Waals surface area contributed by atoms with Gasteiger partial charge in [0, 0.05) is 63.4 Å². The van der Waals surface area contributed by atoms with Crippen LogP contribution in [0.3, 0.4) is 0 Å². The average molecular weight is 467 g/mol. The molecule has 0 atom stereocenters. The Kier molecular flexibility index (Phi) is 5.74. The minimum atomic E-state index is -0.243. The molecule has 8 heteroatoms. The summed E-state index contributed by atoms with van der Waals surface area (Å²) in [7, 11) is 0. The van der Waals surface area contributed by atoms with Crippen LogP contribution in [0.4, 0.5) is 17.2 Å². The first kappa shape index (κ1) is 20.8. The third-order valence-corrected chi connectivity index (χ3v) is 6.18. The molecule has 0 unspecified atom stereocenters. The Bertz CT molecular complexity index is 1310. The smallest absolute Gasteiger partial charge is 0.259 e. The van der Waals surface area contributed by atoms with Gasteiger partial charge in [0.15, 0.2) is 0 Å². The van der Waals surface area contributed by atoms with Crippen LogP contribution in [-0.4, -0.2) is 36.3 Å². The molecule has 1 fully saturated rings. The van der Waals surface area contributed by atoms with Crippen LogP contribution in [0.25, 0.3) is 21.9 Å². The number of hydrogen-bond donors (Lipinski definition) is 2. The fourth-order valence-corrected chi connectivity index (χ4v) is 4.58. The molecular weight excluding hydrogens is 447 g/mol. The number of halogens is 2. The first-order valence-electron chi connectivity index (χ1n) is 10.3. The minimum absolute atomic E-state index is 0.243. The van der Waals surface area contributed by atoms with Crippen molar-refractivity contribution in [1.82, 2.24) is 9.97 Å². The molecular formula is C24H20Cl2N4O2. The summed E-state index contributed by atoms with van der Waals surface area (Å²) in [5, 5.41) is 5.46. The predicted octanol–water partition coefficient (Wildman–Crippen LogP) is 5.48. The van der Waals surface area contributed by atoms with Gasteiger partial charge in [0.25, 0.3) is 5.56 Å². The first-order valence-corrected chi connectivity index (χ1v) is 11.0. The molecule has 5 rings (SSSR count). The van der Waals surface area contributed by atoms with Crippen molar-refractivity contribution in [3.63, 3.8) is 0 Å². The number of nitrogens with zero attached hydrogens (tertiary/aromatic N) is 2. The number of benzene rings is 2. The summed E-state index contributed by atoms with van der Waals surface area (Å²) in [4.78, 5) is 22.3. The zero-order valence-corrected chi connectivity index (χ0v) is 18.6. The zero-order chi connectivity index (χ0) is 22.1. The highest BCUT2D eigenvalue weighted by atomic mass is 35.5. The number of pyridine rings is 2. The van der Waals surface area contributed by atoms with E-state index in [0.29, 0.717) is 32.2 Å². The van der Waals surface area contributed by atoms with Gasteiger partial charge in [-0.1, -0.05) is 29.3 Å². The monoisotopic (exact) mass is 466 g/mol. The fourth-order valence-electron chi connectivity index (χ4n) is 3.97. The second-order valence-electron chi connectivity index (χ2n) is 7.48. The predicted molar refractivity (Wildman–Crippen MR) is 131 cm³/mol. The third kappa shape index (κ3) is 3.93. The van der Waals surface area contributed by atoms with E-state index in [0.717, 1.165) is 43.2 Å². The van der Waals surface area contributed by atoms with E-state index in [1.54, 1.807) is 36.7 Å². The van der Waals surface area contributed by atoms with Crippen LogP contribution < -0.4 is 15.8 Å². The third-order valence-electron chi connectivity index (χ3n) is 5.55. The second-order valence-corrected chi connectivity index (χ2v) is 8.30. The van der Waals surface area contributed by atoms with Gasteiger partial charge in [-0.2, -0.15) is 0 Å². The Morgan fingerprint density at radius 3 is 2.44 bits per heavy atom. The molecule has 0 radical (unpaired) electrons. The Balaban J connectivity index is 1.53. The molecule has 4 aromatic rings. The molecule has 6 nitrogen and oxygen atoms in total. The number of aromatic amines is 1. The standard InChI is InChI=1S/C24H20Cl2N4O2/c25-19-2-1-3-20(26)21(19)18-14-28-24(31)22-17(18)8-9-27-23(22)29-15-4-6-16(7-5-15)30-10-12-32-13-11-30/h1-9,14H,10-13H2,(H,27,29)(H,28,31). The van der Waals surface area contributed by atoms with Crippen LogP contribution >= 0.6 is 23.2 Å². The van der Waals surface area contributed by atoms with Crippen molar-refractivity contribution in [3.05, 3.63) is 81.3 Å². The second kappa shape index (κ2) is 8.82. The van der Waals surface area contributed by atoms with Crippen LogP contribution in [0.1, 0.15) is 0 Å². The maximum absolute atomic E-state index is 12.8. The molecule has 2 N–H and O–H groups in total. The summed E-state index contributed by atoms with van der Waals surface area (Å²) >= 11 is 12.9. The van der Waals surface area contributed by atoms with E-state index in [2.05, 4.69) is 32.3 Å². The lowest BCUT2D eigenvalue weighted by Crippen LogP contribution is -2.36. The lowest BCUT2D eigenvalue weighted by atomic mass is 10.0. The average Bonchev–Trinajstić information content (AvgIpc) is 2.81. The van der Waals surface area contributed by atoms with Crippen LogP contribution in [0.2, 0.25) is 10.0 Å². The number of hydrogen-bond acceptors (Lipinski definition) is 5. The number of anilines is 3. The number of nitrogens with one attached hydrogen (secondary N) is 2. The Labute approximate surface area is 194 Å². The molecule has 32 heavy (non-hydrogen) atoms. The van der Waals surface area contributed by atoms with Gasteiger partial charge in [0.2, 0.25) is 0 Å². The Hall–Kier alpha value is -3.06. The highest BCUT2D eigenvalue weighted by Crippen LogP contribution is 2.38. The van der Waals surface area contributed by atoms with Crippen molar-refractivity contribution >= 4 is 51.2 Å². The molecule has 162 valence electrons. The molecule has 0 spiro atoms. The number of rotatable bonds is 4. The van der Waals surface area contributed by atoms with Crippen LogP contribution in [0.5, 0.6) is 0 Å². The van der Waals surface area contributed by atoms with Crippen LogP contribution in [0.15, 0.2) is 65.7 Å². The van der Waals surface area contributed by atoms with Crippen molar-refractivity contribution < 1.29 is 4.74 Å². The summed E-state index contributed by atoms with van der Waals surface area (Å²) in [6, 6.07) is 15.2. The van der Waals surface area contributed by atoms with Crippen molar-refractivity contribution in [2.75, 3.05) is 36.5 Å². The van der Waals surface area contributed by atoms with E-state index < -0.39 is 0 Å². The van der Waals surface area contributed by atoms with Gasteiger partial charge in [-0.3, -0.25) is 4.79 Å². The minimum Gasteiger partial charge on any atom is -0.378 e. The van der Waals surface area contributed by atoms with E-state index in [4.69, 9.17) is 27.9 Å². The summed E-state index contributed by atoms with van der Waals surface area (Å²) in [6.07, 6.45) is 3.30. The quantitative estimate of drug-likeness (QED) is 0.416. The maximum Gasteiger partial charge on any atom is 0.259 e. The topological polar surface area (TPSA) is 70.2 Å². The molecule has 0 saturated carbocycles. The van der Waals surface area contributed by atoms with Gasteiger partial charge in [0.05, 0.1) is 18.6 Å². The SMILES string of the molecule is O=c1[nH]cc(-c2c(Cl)cccc2Cl)c2ccnc(Nc3ccc(N4CCOCC4)cc3)c12. The normalized spacial score (nSPS) is 14.0. The summed E-state index contributed by atoms with van der Waals surface area (Å²) < 4.78 is 5.42. The van der Waals surface area contributed by atoms with E-state index in [-0.39, 0.29) is 5.56 Å². The van der Waals surface area contributed by atoms with Crippen LogP contribution in [-0.2, 0) is 4.74 Å². The number of aromatic nitrogens is 2. The van der Waals surface area contributed by atoms with Gasteiger partial charge >= 0.3 is 0 Å². The number of morpholine rings is 1. The number of ether oxygens (including phenoxy) is 1. The summed E-state index contributed by atoms with van der Waals surface area (Å²) in [5.41, 5.74) is 3.14. The van der Waals surface area contributed by atoms with Gasteiger partial charge < -0.3 is 19.9 Å². The lowest BCUT2D eigenvalue weighted by molar-refractivity contribution is 0.122. The van der Waals surface area contributed by atoms with Crippen LogP contribution in [0, 0.1) is 0 Å². The molecule has 0 amide bonds. The zero-order valence-electron chi connectivity index (χ0n) is 17.1. The van der Waals surface area contributed by atoms with Crippen molar-refractivity contribution in [3.8, 4) is 11.1 Å². The van der Waals surface area contributed by atoms with Crippen molar-refractivity contribution in [2.45, 2.75) is 0 Å². The molecule has 3 heterocycles. The van der Waals surface area contributed by atoms with E-state index >= 15 is 0 Å². The Morgan fingerprint density at radius 1 is 1.00 bits per heavy atom. The maximum atomic E-state index is 12.8. The largest absolute Gasteiger partial charge is 0.378 e. The van der Waals surface area contributed by atoms with E-state index in [1.807, 2.05) is 12.1 Å². The lowest BCUT2D eigenvalue weighted by Gasteiger charge is -2.28. The number of H-pyrrole nitrogens is 1. The van der Waals surface area contributed by atoms with Gasteiger partial charge in [-0.25, -0.2) is 4.98 Å². The molecule has 2 aromatic carbocycles. The molecule has 1 aliphatic rings. The molecule has 0 bridgehead atoms. The first-order chi connectivity index (χ1) is 15.6. The summed E-state index contributed by atoms with van der Waals surface area (Å²) in [6.45, 7) is 3.22. The molecule has 1 aliphatic heterocycles. The van der Waals surface area contributed by atoms with E-state index in [9.17, 15) is 4.79 Å². The van der Waals surface area contributed by atoms with E-state index in [1.165, 1.54) is 0 Å². The Morgan fingerprint density at radius 2 is 1.72 bits per heavy atom. The molecule has 1 saturated heterocycles. The highest BCUT2D eigenvalue weighted by molar-refractivity contribution is 6.39. The van der Waals surface area contributed by atoms with Gasteiger partial charge in [-0.15, -0.1) is 0 Å². The number of fused-ring (bicyclic) bond motifs is 1. The van der Waals surface area contributed by atoms with Gasteiger partial charge in [-0.05, 0) is 42.5 Å². The van der Waals surface area contributed by atoms with Crippen molar-refractivity contribution in [1.29, 1.82) is 0 Å². The molecule has 0 aliphatic carbocycles. The van der Waals surface area contributed by atoms with Gasteiger partial charge in [0.1, 0.15) is 5.82 Å². The highest BCUT2D eigenvalue weighted by Gasteiger charge is 2.16. The molecule has 2 aromatic heterocycles. The fraction of sp³-hybridized carbons (Fsp3) is 0.167. The van der Waals surface area contributed by atoms with Crippen molar-refractivity contribution in [2.24, 2.45) is 0 Å².